The summed E-state index contributed by atoms with van der Waals surface area (Å²) in [5, 5.41) is 20.1. The maximum absolute atomic E-state index is 9.92. The van der Waals surface area contributed by atoms with Crippen LogP contribution in [0, 0.1) is 13.8 Å². The van der Waals surface area contributed by atoms with Crippen molar-refractivity contribution in [2.75, 3.05) is 40.5 Å². The Labute approximate surface area is 190 Å². The van der Waals surface area contributed by atoms with Gasteiger partial charge in [0.1, 0.15) is 5.75 Å². The molecule has 0 spiro atoms. The number of rotatable bonds is 8. The molecular formula is C24H33ClN2O4. The van der Waals surface area contributed by atoms with Crippen LogP contribution in [0.1, 0.15) is 28.7 Å². The number of aromatic hydroxyl groups is 1. The van der Waals surface area contributed by atoms with Gasteiger partial charge in [0.2, 0.25) is 0 Å². The first-order chi connectivity index (χ1) is 14.9. The van der Waals surface area contributed by atoms with Crippen molar-refractivity contribution in [1.82, 2.24) is 9.80 Å². The monoisotopic (exact) mass is 448 g/mol. The average Bonchev–Trinajstić information content (AvgIpc) is 2.75. The highest BCUT2D eigenvalue weighted by molar-refractivity contribution is 6.31. The van der Waals surface area contributed by atoms with Gasteiger partial charge in [-0.25, -0.2) is 0 Å². The summed E-state index contributed by atoms with van der Waals surface area (Å²) in [4.78, 5) is 4.81. The molecule has 7 heteroatoms. The Morgan fingerprint density at radius 3 is 2.42 bits per heavy atom. The highest BCUT2D eigenvalue weighted by Gasteiger charge is 2.28. The second-order valence-electron chi connectivity index (χ2n) is 8.16. The van der Waals surface area contributed by atoms with Crippen LogP contribution in [-0.4, -0.2) is 66.5 Å². The normalized spacial score (nSPS) is 17.7. The standard InChI is InChI=1S/C24H33ClN2O4/c1-16-17(2)23(30-3)6-5-18(16)14-27-9-8-26(15-20(27)7-10-28)13-19-11-24(31-4)22(29)12-21(19)25/h5-6,11-12,20,28-29H,7-10,13-15H2,1-4H3/t20-/m1/s1. The lowest BCUT2D eigenvalue weighted by Crippen LogP contribution is -2.52. The first-order valence-electron chi connectivity index (χ1n) is 10.6. The van der Waals surface area contributed by atoms with Crippen molar-refractivity contribution in [3.8, 4) is 17.2 Å². The summed E-state index contributed by atoms with van der Waals surface area (Å²) >= 11 is 6.37. The number of halogens is 1. The Kier molecular flexibility index (Phi) is 8.06. The van der Waals surface area contributed by atoms with Crippen LogP contribution in [0.3, 0.4) is 0 Å². The second-order valence-corrected chi connectivity index (χ2v) is 8.57. The van der Waals surface area contributed by atoms with E-state index < -0.39 is 0 Å². The minimum Gasteiger partial charge on any atom is -0.504 e. The Hall–Kier alpha value is -1.99. The number of hydrogen-bond acceptors (Lipinski definition) is 6. The van der Waals surface area contributed by atoms with E-state index in [1.54, 1.807) is 13.2 Å². The minimum atomic E-state index is 0.0457. The lowest BCUT2D eigenvalue weighted by atomic mass is 10.00. The van der Waals surface area contributed by atoms with Crippen LogP contribution in [0.2, 0.25) is 5.02 Å². The van der Waals surface area contributed by atoms with Crippen molar-refractivity contribution in [2.24, 2.45) is 0 Å². The van der Waals surface area contributed by atoms with Crippen molar-refractivity contribution < 1.29 is 19.7 Å². The highest BCUT2D eigenvalue weighted by atomic mass is 35.5. The van der Waals surface area contributed by atoms with Crippen LogP contribution < -0.4 is 9.47 Å². The van der Waals surface area contributed by atoms with Gasteiger partial charge in [0.05, 0.1) is 14.2 Å². The van der Waals surface area contributed by atoms with Gasteiger partial charge in [0.25, 0.3) is 0 Å². The first kappa shape index (κ1) is 23.7. The molecule has 1 aliphatic rings. The van der Waals surface area contributed by atoms with E-state index >= 15 is 0 Å². The zero-order valence-electron chi connectivity index (χ0n) is 18.8. The lowest BCUT2D eigenvalue weighted by Gasteiger charge is -2.42. The van der Waals surface area contributed by atoms with Crippen molar-refractivity contribution in [1.29, 1.82) is 0 Å². The molecule has 170 valence electrons. The Balaban J connectivity index is 1.72. The van der Waals surface area contributed by atoms with E-state index in [1.165, 1.54) is 29.9 Å². The van der Waals surface area contributed by atoms with Gasteiger partial charge < -0.3 is 19.7 Å². The summed E-state index contributed by atoms with van der Waals surface area (Å²) < 4.78 is 10.7. The van der Waals surface area contributed by atoms with E-state index in [-0.39, 0.29) is 18.4 Å². The van der Waals surface area contributed by atoms with Gasteiger partial charge >= 0.3 is 0 Å². The third kappa shape index (κ3) is 5.44. The van der Waals surface area contributed by atoms with E-state index in [1.807, 2.05) is 6.07 Å². The number of piperazine rings is 1. The van der Waals surface area contributed by atoms with E-state index in [0.29, 0.717) is 17.3 Å². The third-order valence-corrected chi connectivity index (χ3v) is 6.69. The molecule has 2 N–H and O–H groups in total. The number of aliphatic hydroxyl groups excluding tert-OH is 1. The van der Waals surface area contributed by atoms with Crippen molar-refractivity contribution >= 4 is 11.6 Å². The van der Waals surface area contributed by atoms with Crippen molar-refractivity contribution in [2.45, 2.75) is 39.4 Å². The van der Waals surface area contributed by atoms with E-state index in [9.17, 15) is 10.2 Å². The fraction of sp³-hybridized carbons (Fsp3) is 0.500. The summed E-state index contributed by atoms with van der Waals surface area (Å²) in [7, 11) is 3.24. The van der Waals surface area contributed by atoms with Gasteiger partial charge in [-0.2, -0.15) is 0 Å². The van der Waals surface area contributed by atoms with Gasteiger partial charge in [-0.1, -0.05) is 17.7 Å². The summed E-state index contributed by atoms with van der Waals surface area (Å²) in [6.45, 7) is 8.56. The molecule has 0 radical (unpaired) electrons. The van der Waals surface area contributed by atoms with E-state index in [2.05, 4.69) is 29.7 Å². The highest BCUT2D eigenvalue weighted by Crippen LogP contribution is 2.33. The molecule has 0 amide bonds. The molecule has 1 aliphatic heterocycles. The zero-order chi connectivity index (χ0) is 22.5. The van der Waals surface area contributed by atoms with Crippen LogP contribution >= 0.6 is 11.6 Å². The fourth-order valence-corrected chi connectivity index (χ4v) is 4.52. The maximum Gasteiger partial charge on any atom is 0.160 e. The van der Waals surface area contributed by atoms with Gasteiger partial charge in [0.15, 0.2) is 11.5 Å². The summed E-state index contributed by atoms with van der Waals surface area (Å²) in [6, 6.07) is 7.76. The molecule has 3 rings (SSSR count). The van der Waals surface area contributed by atoms with Crippen LogP contribution in [-0.2, 0) is 13.1 Å². The van der Waals surface area contributed by atoms with Crippen LogP contribution in [0.4, 0.5) is 0 Å². The Morgan fingerprint density at radius 1 is 1.00 bits per heavy atom. The van der Waals surface area contributed by atoms with Gasteiger partial charge in [-0.05, 0) is 54.7 Å². The molecule has 0 unspecified atom stereocenters. The lowest BCUT2D eigenvalue weighted by molar-refractivity contribution is 0.0498. The van der Waals surface area contributed by atoms with E-state index in [4.69, 9.17) is 21.1 Å². The van der Waals surface area contributed by atoms with Gasteiger partial charge in [-0.3, -0.25) is 9.80 Å². The molecule has 1 atom stereocenters. The van der Waals surface area contributed by atoms with E-state index in [0.717, 1.165) is 43.9 Å². The summed E-state index contributed by atoms with van der Waals surface area (Å²) in [5.74, 6) is 1.39. The quantitative estimate of drug-likeness (QED) is 0.641. The Morgan fingerprint density at radius 2 is 1.74 bits per heavy atom. The third-order valence-electron chi connectivity index (χ3n) is 6.34. The molecule has 6 nitrogen and oxygen atoms in total. The average molecular weight is 449 g/mol. The molecule has 31 heavy (non-hydrogen) atoms. The largest absolute Gasteiger partial charge is 0.504 e. The molecule has 1 heterocycles. The number of methoxy groups -OCH3 is 2. The fourth-order valence-electron chi connectivity index (χ4n) is 4.31. The molecule has 0 aliphatic carbocycles. The van der Waals surface area contributed by atoms with Crippen LogP contribution in [0.15, 0.2) is 24.3 Å². The van der Waals surface area contributed by atoms with Gasteiger partial charge in [0, 0.05) is 56.5 Å². The summed E-state index contributed by atoms with van der Waals surface area (Å²) in [6.07, 6.45) is 0.720. The first-order valence-corrected chi connectivity index (χ1v) is 11.0. The van der Waals surface area contributed by atoms with Crippen LogP contribution in [0.5, 0.6) is 17.2 Å². The zero-order valence-corrected chi connectivity index (χ0v) is 19.6. The molecule has 0 aromatic heterocycles. The molecule has 2 aromatic rings. The predicted octanol–water partition coefficient (Wildman–Crippen LogP) is 3.75. The smallest absolute Gasteiger partial charge is 0.160 e. The number of benzene rings is 2. The number of nitrogens with zero attached hydrogens (tertiary/aromatic N) is 2. The topological polar surface area (TPSA) is 65.4 Å². The summed E-state index contributed by atoms with van der Waals surface area (Å²) in [5.41, 5.74) is 4.65. The molecule has 0 saturated carbocycles. The van der Waals surface area contributed by atoms with Crippen molar-refractivity contribution in [3.63, 3.8) is 0 Å². The minimum absolute atomic E-state index is 0.0457. The predicted molar refractivity (Wildman–Crippen MR) is 123 cm³/mol. The Bertz CT molecular complexity index is 906. The van der Waals surface area contributed by atoms with Gasteiger partial charge in [-0.15, -0.1) is 0 Å². The molecule has 0 bridgehead atoms. The number of phenols is 1. The number of hydrogen-bond donors (Lipinski definition) is 2. The molecule has 2 aromatic carbocycles. The maximum atomic E-state index is 9.92. The molecule has 1 saturated heterocycles. The van der Waals surface area contributed by atoms with Crippen molar-refractivity contribution in [3.05, 3.63) is 51.5 Å². The molecule has 1 fully saturated rings. The second kappa shape index (κ2) is 10.6. The number of phenolic OH excluding ortho intramolecular Hbond substituents is 1. The number of aliphatic hydroxyl groups is 1. The number of ether oxygens (including phenoxy) is 2. The molecular weight excluding hydrogens is 416 g/mol. The SMILES string of the molecule is COc1cc(CN2CCN(Cc3ccc(OC)c(C)c3C)[C@H](CCO)C2)c(Cl)cc1O. The van der Waals surface area contributed by atoms with Crippen LogP contribution in [0.25, 0.3) is 0 Å².